The molecule has 0 aromatic carbocycles. The molecule has 0 aliphatic heterocycles. The molecule has 6 nitrogen and oxygen atoms in total. The van der Waals surface area contributed by atoms with Crippen molar-refractivity contribution < 1.29 is 14.3 Å². The summed E-state index contributed by atoms with van der Waals surface area (Å²) in [4.78, 5) is 11.5. The number of rotatable bonds is 6. The van der Waals surface area contributed by atoms with E-state index in [0.29, 0.717) is 6.42 Å². The molecule has 0 radical (unpaired) electrons. The molecule has 1 N–H and O–H groups in total. The first-order valence-corrected chi connectivity index (χ1v) is 6.09. The predicted octanol–water partition coefficient (Wildman–Crippen LogP) is 1.48. The zero-order valence-electron chi connectivity index (χ0n) is 11.4. The fourth-order valence-electron chi connectivity index (χ4n) is 1.43. The Bertz CT molecular complexity index is 357. The lowest BCUT2D eigenvalue weighted by Crippen LogP contribution is -2.28. The van der Waals surface area contributed by atoms with Crippen LogP contribution in [0.15, 0.2) is 6.20 Å². The summed E-state index contributed by atoms with van der Waals surface area (Å²) in [6.45, 7) is 7.46. The average molecular weight is 255 g/mol. The van der Waals surface area contributed by atoms with Gasteiger partial charge in [-0.1, -0.05) is 6.92 Å². The van der Waals surface area contributed by atoms with Crippen molar-refractivity contribution in [2.75, 3.05) is 6.61 Å². The fraction of sp³-hybridized carbons (Fsp3) is 0.750. The second kappa shape index (κ2) is 6.49. The molecule has 0 saturated carbocycles. The zero-order chi connectivity index (χ0) is 13.6. The highest BCUT2D eigenvalue weighted by molar-refractivity contribution is 5.71. The number of nitrogens with one attached hydrogen (secondary N) is 1. The van der Waals surface area contributed by atoms with Crippen LogP contribution in [0.25, 0.3) is 0 Å². The lowest BCUT2D eigenvalue weighted by Gasteiger charge is -2.21. The van der Waals surface area contributed by atoms with E-state index < -0.39 is 5.60 Å². The number of hydrogen-bond acceptors (Lipinski definition) is 5. The van der Waals surface area contributed by atoms with Crippen molar-refractivity contribution >= 4 is 5.97 Å². The van der Waals surface area contributed by atoms with Crippen LogP contribution in [-0.4, -0.2) is 39.7 Å². The Morgan fingerprint density at radius 3 is 2.72 bits per heavy atom. The Kier molecular flexibility index (Phi) is 5.27. The van der Waals surface area contributed by atoms with Gasteiger partial charge >= 0.3 is 5.97 Å². The van der Waals surface area contributed by atoms with Gasteiger partial charge in [0.1, 0.15) is 12.2 Å². The minimum Gasteiger partial charge on any atom is -0.458 e. The van der Waals surface area contributed by atoms with E-state index in [1.54, 1.807) is 6.20 Å². The molecular formula is C12H21N3O3. The summed E-state index contributed by atoms with van der Waals surface area (Å²) in [5.74, 6) is -0.346. The minimum absolute atomic E-state index is 0.0341. The molecule has 102 valence electrons. The summed E-state index contributed by atoms with van der Waals surface area (Å²) in [5, 5.41) is 10.2. The van der Waals surface area contributed by atoms with Gasteiger partial charge in [0.25, 0.3) is 0 Å². The molecule has 0 amide bonds. The molecule has 18 heavy (non-hydrogen) atoms. The van der Waals surface area contributed by atoms with E-state index in [-0.39, 0.29) is 18.7 Å². The van der Waals surface area contributed by atoms with E-state index in [2.05, 4.69) is 15.4 Å². The average Bonchev–Trinajstić information content (AvgIpc) is 2.74. The Balaban J connectivity index is 2.33. The van der Waals surface area contributed by atoms with Gasteiger partial charge in [-0.15, -0.1) is 0 Å². The van der Waals surface area contributed by atoms with E-state index in [0.717, 1.165) is 12.1 Å². The summed E-state index contributed by atoms with van der Waals surface area (Å²) in [6.07, 6.45) is 3.04. The SMILES string of the molecule is CC[C@H](Cc1cn[nH]n1)OCC(=O)OC(C)(C)C. The van der Waals surface area contributed by atoms with Gasteiger partial charge in [-0.25, -0.2) is 4.79 Å². The lowest BCUT2D eigenvalue weighted by atomic mass is 10.1. The first-order valence-electron chi connectivity index (χ1n) is 6.09. The number of hydrogen-bond donors (Lipinski definition) is 1. The molecule has 1 aromatic heterocycles. The van der Waals surface area contributed by atoms with Crippen LogP contribution < -0.4 is 0 Å². The van der Waals surface area contributed by atoms with Gasteiger partial charge in [0.2, 0.25) is 0 Å². The summed E-state index contributed by atoms with van der Waals surface area (Å²) >= 11 is 0. The number of carbonyl (C=O) groups excluding carboxylic acids is 1. The smallest absolute Gasteiger partial charge is 0.332 e. The van der Waals surface area contributed by atoms with E-state index in [4.69, 9.17) is 9.47 Å². The second-order valence-electron chi connectivity index (χ2n) is 5.09. The number of aromatic nitrogens is 3. The van der Waals surface area contributed by atoms with Crippen LogP contribution in [0.3, 0.4) is 0 Å². The number of ether oxygens (including phenoxy) is 2. The number of esters is 1. The van der Waals surface area contributed by atoms with E-state index in [1.165, 1.54) is 0 Å². The Morgan fingerprint density at radius 2 is 2.22 bits per heavy atom. The quantitative estimate of drug-likeness (QED) is 0.779. The Labute approximate surface area is 107 Å². The van der Waals surface area contributed by atoms with Crippen molar-refractivity contribution in [2.45, 2.75) is 52.2 Å². The first-order chi connectivity index (χ1) is 8.40. The zero-order valence-corrected chi connectivity index (χ0v) is 11.4. The normalized spacial score (nSPS) is 13.3. The summed E-state index contributed by atoms with van der Waals surface area (Å²) in [6, 6.07) is 0. The van der Waals surface area contributed by atoms with Crippen LogP contribution in [0.1, 0.15) is 39.8 Å². The summed E-state index contributed by atoms with van der Waals surface area (Å²) in [5.41, 5.74) is 0.347. The monoisotopic (exact) mass is 255 g/mol. The fourth-order valence-corrected chi connectivity index (χ4v) is 1.43. The molecule has 0 saturated heterocycles. The van der Waals surface area contributed by atoms with E-state index in [9.17, 15) is 4.79 Å². The number of carbonyl (C=O) groups is 1. The molecule has 1 atom stereocenters. The lowest BCUT2D eigenvalue weighted by molar-refractivity contribution is -0.162. The highest BCUT2D eigenvalue weighted by atomic mass is 16.6. The molecule has 0 spiro atoms. The van der Waals surface area contributed by atoms with Gasteiger partial charge in [0.15, 0.2) is 0 Å². The largest absolute Gasteiger partial charge is 0.458 e. The maximum atomic E-state index is 11.5. The van der Waals surface area contributed by atoms with Crippen LogP contribution in [0.4, 0.5) is 0 Å². The van der Waals surface area contributed by atoms with E-state index in [1.807, 2.05) is 27.7 Å². The van der Waals surface area contributed by atoms with Crippen molar-refractivity contribution in [2.24, 2.45) is 0 Å². The Hall–Kier alpha value is -1.43. The number of aromatic amines is 1. The maximum absolute atomic E-state index is 11.5. The molecule has 0 unspecified atom stereocenters. The van der Waals surface area contributed by atoms with Gasteiger partial charge in [-0.2, -0.15) is 15.4 Å². The standard InChI is InChI=1S/C12H21N3O3/c1-5-10(6-9-7-13-15-14-9)17-8-11(16)18-12(2,3)4/h7,10H,5-6,8H2,1-4H3,(H,13,14,15)/t10-/m1/s1. The topological polar surface area (TPSA) is 77.1 Å². The maximum Gasteiger partial charge on any atom is 0.332 e. The minimum atomic E-state index is -0.478. The number of H-pyrrole nitrogens is 1. The molecule has 0 fully saturated rings. The molecule has 0 bridgehead atoms. The number of nitrogens with zero attached hydrogens (tertiary/aromatic N) is 2. The van der Waals surface area contributed by atoms with Crippen LogP contribution >= 0.6 is 0 Å². The third kappa shape index (κ3) is 5.77. The van der Waals surface area contributed by atoms with Crippen LogP contribution in [0, 0.1) is 0 Å². The predicted molar refractivity (Wildman–Crippen MR) is 66.0 cm³/mol. The van der Waals surface area contributed by atoms with Crippen molar-refractivity contribution in [1.29, 1.82) is 0 Å². The van der Waals surface area contributed by atoms with Gasteiger partial charge in [0.05, 0.1) is 18.0 Å². The Morgan fingerprint density at radius 1 is 1.50 bits per heavy atom. The molecule has 1 rings (SSSR count). The van der Waals surface area contributed by atoms with Crippen LogP contribution in [0.2, 0.25) is 0 Å². The molecule has 1 heterocycles. The molecule has 0 aliphatic carbocycles. The summed E-state index contributed by atoms with van der Waals surface area (Å²) < 4.78 is 10.7. The van der Waals surface area contributed by atoms with Crippen molar-refractivity contribution in [3.63, 3.8) is 0 Å². The van der Waals surface area contributed by atoms with Crippen molar-refractivity contribution in [3.05, 3.63) is 11.9 Å². The van der Waals surface area contributed by atoms with Crippen LogP contribution in [0.5, 0.6) is 0 Å². The van der Waals surface area contributed by atoms with Crippen LogP contribution in [-0.2, 0) is 20.7 Å². The highest BCUT2D eigenvalue weighted by Gasteiger charge is 2.18. The van der Waals surface area contributed by atoms with Gasteiger partial charge in [0, 0.05) is 6.42 Å². The van der Waals surface area contributed by atoms with Crippen molar-refractivity contribution in [3.8, 4) is 0 Å². The molecule has 0 aliphatic rings. The molecular weight excluding hydrogens is 234 g/mol. The van der Waals surface area contributed by atoms with E-state index >= 15 is 0 Å². The van der Waals surface area contributed by atoms with Gasteiger partial charge in [-0.3, -0.25) is 0 Å². The molecule has 6 heteroatoms. The highest BCUT2D eigenvalue weighted by Crippen LogP contribution is 2.09. The third-order valence-corrected chi connectivity index (χ3v) is 2.21. The third-order valence-electron chi connectivity index (χ3n) is 2.21. The van der Waals surface area contributed by atoms with Crippen molar-refractivity contribution in [1.82, 2.24) is 15.4 Å². The first kappa shape index (κ1) is 14.6. The second-order valence-corrected chi connectivity index (χ2v) is 5.09. The van der Waals surface area contributed by atoms with Gasteiger partial charge in [-0.05, 0) is 27.2 Å². The summed E-state index contributed by atoms with van der Waals surface area (Å²) in [7, 11) is 0. The molecule has 1 aromatic rings. The van der Waals surface area contributed by atoms with Gasteiger partial charge < -0.3 is 9.47 Å².